The van der Waals surface area contributed by atoms with E-state index in [1.807, 2.05) is 4.57 Å². The molecule has 1 aromatic heterocycles. The Kier molecular flexibility index (Phi) is 4.24. The van der Waals surface area contributed by atoms with Crippen LogP contribution in [0.4, 0.5) is 5.69 Å². The first kappa shape index (κ1) is 15.6. The van der Waals surface area contributed by atoms with Crippen LogP contribution >= 0.6 is 0 Å². The first-order chi connectivity index (χ1) is 11.7. The molecule has 2 aliphatic rings. The summed E-state index contributed by atoms with van der Waals surface area (Å²) in [7, 11) is 0. The van der Waals surface area contributed by atoms with E-state index in [-0.39, 0.29) is 6.61 Å². The van der Waals surface area contributed by atoms with Gasteiger partial charge in [0, 0.05) is 38.4 Å². The first-order valence-corrected chi connectivity index (χ1v) is 8.83. The fraction of sp³-hybridized carbons (Fsp3) is 0.556. The van der Waals surface area contributed by atoms with Crippen molar-refractivity contribution < 1.29 is 5.11 Å². The highest BCUT2D eigenvalue weighted by atomic mass is 16.3. The van der Waals surface area contributed by atoms with E-state index in [1.54, 1.807) is 0 Å². The second kappa shape index (κ2) is 6.53. The molecule has 0 amide bonds. The van der Waals surface area contributed by atoms with Crippen LogP contribution < -0.4 is 4.90 Å². The first-order valence-electron chi connectivity index (χ1n) is 8.83. The monoisotopic (exact) mass is 327 g/mol. The summed E-state index contributed by atoms with van der Waals surface area (Å²) in [6, 6.07) is 6.87. The van der Waals surface area contributed by atoms with Gasteiger partial charge in [0.2, 0.25) is 0 Å². The van der Waals surface area contributed by atoms with Gasteiger partial charge < -0.3 is 14.6 Å². The van der Waals surface area contributed by atoms with Crippen molar-refractivity contribution >= 4 is 5.69 Å². The van der Waals surface area contributed by atoms with Crippen molar-refractivity contribution in [3.05, 3.63) is 41.0 Å². The smallest absolute Gasteiger partial charge is 0.158 e. The minimum Gasteiger partial charge on any atom is -0.388 e. The van der Waals surface area contributed by atoms with Crippen LogP contribution in [0.2, 0.25) is 0 Å². The van der Waals surface area contributed by atoms with E-state index >= 15 is 0 Å². The second-order valence-electron chi connectivity index (χ2n) is 6.87. The third kappa shape index (κ3) is 2.91. The van der Waals surface area contributed by atoms with Gasteiger partial charge in [-0.1, -0.05) is 12.1 Å². The van der Waals surface area contributed by atoms with E-state index in [4.69, 9.17) is 0 Å². The van der Waals surface area contributed by atoms with E-state index in [1.165, 1.54) is 42.7 Å². The Balaban J connectivity index is 1.45. The predicted octanol–water partition coefficient (Wildman–Crippen LogP) is 1.69. The van der Waals surface area contributed by atoms with Gasteiger partial charge >= 0.3 is 0 Å². The largest absolute Gasteiger partial charge is 0.388 e. The third-order valence-electron chi connectivity index (χ3n) is 5.16. The fourth-order valence-corrected chi connectivity index (χ4v) is 3.91. The van der Waals surface area contributed by atoms with Crippen LogP contribution in [0.25, 0.3) is 0 Å². The van der Waals surface area contributed by atoms with Gasteiger partial charge in [-0.2, -0.15) is 0 Å². The average molecular weight is 327 g/mol. The van der Waals surface area contributed by atoms with Crippen LogP contribution in [-0.4, -0.2) is 44.4 Å². The SMILES string of the molecule is Cc1cc(CN2CCn3c(CO)nnc3C2)ccc1N1CCCC1. The molecule has 0 unspecified atom stereocenters. The van der Waals surface area contributed by atoms with Crippen molar-refractivity contribution in [2.45, 2.75) is 46.0 Å². The van der Waals surface area contributed by atoms with Gasteiger partial charge in [0.25, 0.3) is 0 Å². The van der Waals surface area contributed by atoms with Gasteiger partial charge in [-0.15, -0.1) is 10.2 Å². The molecule has 2 aromatic rings. The van der Waals surface area contributed by atoms with Crippen molar-refractivity contribution in [3.8, 4) is 0 Å². The number of hydrogen-bond donors (Lipinski definition) is 1. The summed E-state index contributed by atoms with van der Waals surface area (Å²) in [5, 5.41) is 17.6. The standard InChI is InChI=1S/C18H25N5O/c1-14-10-15(4-5-16(14)22-6-2-3-7-22)11-21-8-9-23-17(12-21)19-20-18(23)13-24/h4-5,10,24H,2-3,6-9,11-13H2,1H3. The molecular weight excluding hydrogens is 302 g/mol. The number of rotatable bonds is 4. The number of hydrogen-bond acceptors (Lipinski definition) is 5. The number of aryl methyl sites for hydroxylation is 1. The lowest BCUT2D eigenvalue weighted by Crippen LogP contribution is -2.34. The molecular formula is C18H25N5O. The van der Waals surface area contributed by atoms with Crippen molar-refractivity contribution in [1.29, 1.82) is 0 Å². The molecule has 24 heavy (non-hydrogen) atoms. The number of aliphatic hydroxyl groups is 1. The van der Waals surface area contributed by atoms with Crippen molar-refractivity contribution in [2.75, 3.05) is 24.5 Å². The average Bonchev–Trinajstić information content (AvgIpc) is 3.24. The molecule has 0 radical (unpaired) electrons. The highest BCUT2D eigenvalue weighted by Gasteiger charge is 2.21. The van der Waals surface area contributed by atoms with Gasteiger partial charge in [0.15, 0.2) is 5.82 Å². The van der Waals surface area contributed by atoms with E-state index in [0.29, 0.717) is 5.82 Å². The van der Waals surface area contributed by atoms with Crippen molar-refractivity contribution in [3.63, 3.8) is 0 Å². The summed E-state index contributed by atoms with van der Waals surface area (Å²) < 4.78 is 2.04. The van der Waals surface area contributed by atoms with Crippen molar-refractivity contribution in [2.24, 2.45) is 0 Å². The van der Waals surface area contributed by atoms with Crippen LogP contribution in [0.15, 0.2) is 18.2 Å². The molecule has 0 bridgehead atoms. The third-order valence-corrected chi connectivity index (χ3v) is 5.16. The van der Waals surface area contributed by atoms with Crippen LogP contribution in [0.5, 0.6) is 0 Å². The molecule has 4 rings (SSSR count). The molecule has 1 fully saturated rings. The molecule has 0 atom stereocenters. The quantitative estimate of drug-likeness (QED) is 0.926. The molecule has 0 saturated carbocycles. The lowest BCUT2D eigenvalue weighted by Gasteiger charge is -2.28. The zero-order valence-electron chi connectivity index (χ0n) is 14.3. The lowest BCUT2D eigenvalue weighted by atomic mass is 10.1. The van der Waals surface area contributed by atoms with Gasteiger partial charge in [0.1, 0.15) is 12.4 Å². The lowest BCUT2D eigenvalue weighted by molar-refractivity contribution is 0.199. The number of nitrogens with zero attached hydrogens (tertiary/aromatic N) is 5. The Morgan fingerprint density at radius 3 is 2.67 bits per heavy atom. The number of fused-ring (bicyclic) bond motifs is 1. The van der Waals surface area contributed by atoms with E-state index < -0.39 is 0 Å². The summed E-state index contributed by atoms with van der Waals surface area (Å²) in [5.74, 6) is 1.63. The molecule has 1 saturated heterocycles. The summed E-state index contributed by atoms with van der Waals surface area (Å²) >= 11 is 0. The molecule has 128 valence electrons. The molecule has 1 aromatic carbocycles. The van der Waals surface area contributed by atoms with E-state index in [2.05, 4.69) is 45.1 Å². The zero-order valence-corrected chi connectivity index (χ0v) is 14.3. The van der Waals surface area contributed by atoms with Crippen LogP contribution in [0.3, 0.4) is 0 Å². The topological polar surface area (TPSA) is 57.4 Å². The maximum absolute atomic E-state index is 9.29. The molecule has 2 aliphatic heterocycles. The van der Waals surface area contributed by atoms with Gasteiger partial charge in [-0.25, -0.2) is 0 Å². The highest BCUT2D eigenvalue weighted by Crippen LogP contribution is 2.26. The summed E-state index contributed by atoms with van der Waals surface area (Å²) in [6.07, 6.45) is 2.62. The normalized spacial score (nSPS) is 18.2. The van der Waals surface area contributed by atoms with E-state index in [0.717, 1.165) is 32.0 Å². The molecule has 6 heteroatoms. The van der Waals surface area contributed by atoms with Gasteiger partial charge in [0.05, 0.1) is 6.54 Å². The van der Waals surface area contributed by atoms with Crippen LogP contribution in [-0.2, 0) is 26.2 Å². The van der Waals surface area contributed by atoms with Crippen molar-refractivity contribution in [1.82, 2.24) is 19.7 Å². The Morgan fingerprint density at radius 1 is 1.08 bits per heavy atom. The molecule has 0 aliphatic carbocycles. The van der Waals surface area contributed by atoms with Crippen LogP contribution in [0, 0.1) is 6.92 Å². The maximum atomic E-state index is 9.29. The minimum absolute atomic E-state index is 0.0375. The summed E-state index contributed by atoms with van der Waals surface area (Å²) in [5.41, 5.74) is 4.12. The fourth-order valence-electron chi connectivity index (χ4n) is 3.91. The zero-order chi connectivity index (χ0) is 16.5. The highest BCUT2D eigenvalue weighted by molar-refractivity contribution is 5.55. The van der Waals surface area contributed by atoms with Gasteiger partial charge in [-0.3, -0.25) is 4.90 Å². The Hall–Kier alpha value is -1.92. The second-order valence-corrected chi connectivity index (χ2v) is 6.87. The maximum Gasteiger partial charge on any atom is 0.158 e. The number of anilines is 1. The Bertz CT molecular complexity index is 720. The molecule has 6 nitrogen and oxygen atoms in total. The number of aromatic nitrogens is 3. The Labute approximate surface area is 142 Å². The number of aliphatic hydroxyl groups excluding tert-OH is 1. The summed E-state index contributed by atoms with van der Waals surface area (Å²) in [6.45, 7) is 8.10. The van der Waals surface area contributed by atoms with E-state index in [9.17, 15) is 5.11 Å². The Morgan fingerprint density at radius 2 is 1.92 bits per heavy atom. The predicted molar refractivity (Wildman–Crippen MR) is 92.7 cm³/mol. The minimum atomic E-state index is -0.0375. The molecule has 3 heterocycles. The molecule has 1 N–H and O–H groups in total. The van der Waals surface area contributed by atoms with Gasteiger partial charge in [-0.05, 0) is 37.0 Å². The van der Waals surface area contributed by atoms with Crippen LogP contribution in [0.1, 0.15) is 35.6 Å². The summed E-state index contributed by atoms with van der Waals surface area (Å²) in [4.78, 5) is 4.90. The molecule has 0 spiro atoms. The number of benzene rings is 1.